The molecule has 0 radical (unpaired) electrons. The Bertz CT molecular complexity index is 832. The van der Waals surface area contributed by atoms with Gasteiger partial charge in [0.2, 0.25) is 0 Å². The highest BCUT2D eigenvalue weighted by Crippen LogP contribution is 2.19. The molecule has 0 bridgehead atoms. The molecule has 0 saturated heterocycles. The molecule has 24 heavy (non-hydrogen) atoms. The van der Waals surface area contributed by atoms with E-state index in [0.29, 0.717) is 5.75 Å². The van der Waals surface area contributed by atoms with Crippen LogP contribution in [0.1, 0.15) is 12.5 Å². The molecule has 0 spiro atoms. The van der Waals surface area contributed by atoms with Crippen molar-refractivity contribution in [3.8, 4) is 5.75 Å². The second kappa shape index (κ2) is 7.44. The Hall–Kier alpha value is -2.41. The van der Waals surface area contributed by atoms with Crippen LogP contribution in [-0.4, -0.2) is 27.2 Å². The minimum absolute atomic E-state index is 0.0738. The summed E-state index contributed by atoms with van der Waals surface area (Å²) in [5, 5.41) is 2.31. The van der Waals surface area contributed by atoms with Gasteiger partial charge in [0, 0.05) is 6.26 Å². The molecule has 7 heteroatoms. The number of hydrogen-bond donors (Lipinski definition) is 1. The number of aryl methyl sites for hydroxylation is 1. The second-order valence-electron chi connectivity index (χ2n) is 5.25. The first kappa shape index (κ1) is 17.9. The molecule has 0 aliphatic heterocycles. The van der Waals surface area contributed by atoms with Crippen LogP contribution in [0.4, 0.5) is 10.1 Å². The van der Waals surface area contributed by atoms with E-state index in [4.69, 9.17) is 4.74 Å². The van der Waals surface area contributed by atoms with Crippen molar-refractivity contribution in [2.45, 2.75) is 18.2 Å². The molecule has 0 fully saturated rings. The average molecular weight is 351 g/mol. The smallest absolute Gasteiger partial charge is 0.262 e. The molecular formula is C17H18FNO4S. The quantitative estimate of drug-likeness (QED) is 0.812. The third kappa shape index (κ3) is 4.79. The standard InChI is InChI=1S/C17H18FNO4S/c1-3-12-4-6-13(7-5-12)23-11-17(20)19-16-10-14(24(2,21)22)8-9-15(16)18/h4-10H,3,11H2,1-2H3,(H,19,20). The van der Waals surface area contributed by atoms with Gasteiger partial charge in [0.1, 0.15) is 11.6 Å². The molecule has 0 heterocycles. The molecule has 2 aromatic rings. The van der Waals surface area contributed by atoms with Crippen LogP contribution in [0.2, 0.25) is 0 Å². The molecule has 0 saturated carbocycles. The highest BCUT2D eigenvalue weighted by atomic mass is 32.2. The van der Waals surface area contributed by atoms with E-state index in [2.05, 4.69) is 5.32 Å². The predicted molar refractivity (Wildman–Crippen MR) is 89.5 cm³/mol. The minimum Gasteiger partial charge on any atom is -0.484 e. The number of amides is 1. The molecule has 0 aliphatic rings. The second-order valence-corrected chi connectivity index (χ2v) is 7.26. The Kier molecular flexibility index (Phi) is 5.56. The van der Waals surface area contributed by atoms with E-state index in [1.54, 1.807) is 12.1 Å². The number of rotatable bonds is 6. The number of anilines is 1. The molecule has 2 rings (SSSR count). The van der Waals surface area contributed by atoms with Crippen molar-refractivity contribution in [2.75, 3.05) is 18.2 Å². The van der Waals surface area contributed by atoms with Crippen LogP contribution in [0.25, 0.3) is 0 Å². The Balaban J connectivity index is 2.01. The van der Waals surface area contributed by atoms with Crippen molar-refractivity contribution in [1.29, 1.82) is 0 Å². The first-order valence-corrected chi connectivity index (χ1v) is 9.20. The summed E-state index contributed by atoms with van der Waals surface area (Å²) in [5.41, 5.74) is 0.944. The lowest BCUT2D eigenvalue weighted by molar-refractivity contribution is -0.118. The summed E-state index contributed by atoms with van der Waals surface area (Å²) in [5.74, 6) is -0.783. The van der Waals surface area contributed by atoms with Gasteiger partial charge in [0.15, 0.2) is 16.4 Å². The SMILES string of the molecule is CCc1ccc(OCC(=O)Nc2cc(S(C)(=O)=O)ccc2F)cc1. The lowest BCUT2D eigenvalue weighted by atomic mass is 10.2. The highest BCUT2D eigenvalue weighted by molar-refractivity contribution is 7.90. The fourth-order valence-corrected chi connectivity index (χ4v) is 2.63. The third-order valence-corrected chi connectivity index (χ3v) is 4.45. The van der Waals surface area contributed by atoms with Crippen LogP contribution in [-0.2, 0) is 21.1 Å². The fraction of sp³-hybridized carbons (Fsp3) is 0.235. The van der Waals surface area contributed by atoms with Crippen LogP contribution in [0.15, 0.2) is 47.4 Å². The van der Waals surface area contributed by atoms with Gasteiger partial charge in [-0.2, -0.15) is 0 Å². The lowest BCUT2D eigenvalue weighted by Gasteiger charge is -2.10. The number of hydrogen-bond acceptors (Lipinski definition) is 4. The Morgan fingerprint density at radius 1 is 1.17 bits per heavy atom. The van der Waals surface area contributed by atoms with Crippen molar-refractivity contribution in [2.24, 2.45) is 0 Å². The van der Waals surface area contributed by atoms with Gasteiger partial charge in [-0.1, -0.05) is 19.1 Å². The first-order chi connectivity index (χ1) is 11.3. The van der Waals surface area contributed by atoms with E-state index in [1.807, 2.05) is 19.1 Å². The van der Waals surface area contributed by atoms with Crippen LogP contribution in [0, 0.1) is 5.82 Å². The molecule has 128 valence electrons. The molecule has 0 atom stereocenters. The van der Waals surface area contributed by atoms with E-state index in [-0.39, 0.29) is 17.2 Å². The van der Waals surface area contributed by atoms with Crippen LogP contribution in [0.3, 0.4) is 0 Å². The summed E-state index contributed by atoms with van der Waals surface area (Å²) >= 11 is 0. The topological polar surface area (TPSA) is 72.5 Å². The maximum atomic E-state index is 13.7. The third-order valence-electron chi connectivity index (χ3n) is 3.34. The molecule has 1 amide bonds. The van der Waals surface area contributed by atoms with Gasteiger partial charge in [0.25, 0.3) is 5.91 Å². The van der Waals surface area contributed by atoms with E-state index >= 15 is 0 Å². The largest absolute Gasteiger partial charge is 0.484 e. The van der Waals surface area contributed by atoms with Crippen molar-refractivity contribution >= 4 is 21.4 Å². The van der Waals surface area contributed by atoms with Crippen LogP contribution >= 0.6 is 0 Å². The van der Waals surface area contributed by atoms with E-state index in [9.17, 15) is 17.6 Å². The predicted octanol–water partition coefficient (Wildman–Crippen LogP) is 2.81. The van der Waals surface area contributed by atoms with Gasteiger partial charge < -0.3 is 10.1 Å². The zero-order valence-electron chi connectivity index (χ0n) is 13.4. The van der Waals surface area contributed by atoms with E-state index in [1.165, 1.54) is 0 Å². The molecule has 0 aromatic heterocycles. The van der Waals surface area contributed by atoms with Gasteiger partial charge in [-0.15, -0.1) is 0 Å². The first-order valence-electron chi connectivity index (χ1n) is 7.31. The van der Waals surface area contributed by atoms with Gasteiger partial charge in [-0.3, -0.25) is 4.79 Å². The molecule has 5 nitrogen and oxygen atoms in total. The minimum atomic E-state index is -3.49. The highest BCUT2D eigenvalue weighted by Gasteiger charge is 2.13. The van der Waals surface area contributed by atoms with Gasteiger partial charge >= 0.3 is 0 Å². The van der Waals surface area contributed by atoms with Crippen molar-refractivity contribution in [3.63, 3.8) is 0 Å². The maximum Gasteiger partial charge on any atom is 0.262 e. The van der Waals surface area contributed by atoms with Crippen molar-refractivity contribution in [3.05, 3.63) is 53.8 Å². The van der Waals surface area contributed by atoms with Gasteiger partial charge in [-0.25, -0.2) is 12.8 Å². The van der Waals surface area contributed by atoms with Crippen LogP contribution < -0.4 is 10.1 Å². The number of benzene rings is 2. The monoisotopic (exact) mass is 351 g/mol. The summed E-state index contributed by atoms with van der Waals surface area (Å²) < 4.78 is 42.0. The van der Waals surface area contributed by atoms with E-state index in [0.717, 1.165) is 36.4 Å². The average Bonchev–Trinajstić information content (AvgIpc) is 2.54. The van der Waals surface area contributed by atoms with Crippen molar-refractivity contribution < 1.29 is 22.3 Å². The number of nitrogens with one attached hydrogen (secondary N) is 1. The molecule has 1 N–H and O–H groups in total. The van der Waals surface area contributed by atoms with Crippen molar-refractivity contribution in [1.82, 2.24) is 0 Å². The number of ether oxygens (including phenoxy) is 1. The van der Waals surface area contributed by atoms with Crippen LogP contribution in [0.5, 0.6) is 5.75 Å². The lowest BCUT2D eigenvalue weighted by Crippen LogP contribution is -2.21. The molecular weight excluding hydrogens is 333 g/mol. The Labute approximate surface area is 140 Å². The van der Waals surface area contributed by atoms with E-state index < -0.39 is 21.6 Å². The zero-order chi connectivity index (χ0) is 17.7. The molecule has 0 aliphatic carbocycles. The summed E-state index contributed by atoms with van der Waals surface area (Å²) in [6.45, 7) is 1.72. The normalized spacial score (nSPS) is 11.1. The molecule has 0 unspecified atom stereocenters. The molecule has 2 aromatic carbocycles. The summed E-state index contributed by atoms with van der Waals surface area (Å²) in [7, 11) is -3.49. The van der Waals surface area contributed by atoms with Gasteiger partial charge in [-0.05, 0) is 42.3 Å². The Morgan fingerprint density at radius 3 is 2.42 bits per heavy atom. The van der Waals surface area contributed by atoms with Gasteiger partial charge in [0.05, 0.1) is 10.6 Å². The summed E-state index contributed by atoms with van der Waals surface area (Å²) in [4.78, 5) is 11.8. The zero-order valence-corrected chi connectivity index (χ0v) is 14.2. The maximum absolute atomic E-state index is 13.7. The summed E-state index contributed by atoms with van der Waals surface area (Å²) in [6.07, 6.45) is 1.91. The number of sulfone groups is 1. The fourth-order valence-electron chi connectivity index (χ4n) is 1.99. The summed E-state index contributed by atoms with van der Waals surface area (Å²) in [6, 6.07) is 10.5. The number of carbonyl (C=O) groups is 1. The Morgan fingerprint density at radius 2 is 1.83 bits per heavy atom. The number of halogens is 1. The number of carbonyl (C=O) groups excluding carboxylic acids is 1.